The average molecular weight is 1500 g/mol. The number of aliphatic hydroxyl groups is 2. The number of aldehydes is 1. The predicted octanol–water partition coefficient (Wildman–Crippen LogP) is 13.3. The van der Waals surface area contributed by atoms with E-state index in [1.807, 2.05) is 71.9 Å². The molecule has 107 heavy (non-hydrogen) atoms. The maximum Gasteiger partial charge on any atom is 0.223 e. The molecule has 7 aromatic rings. The largest absolute Gasteiger partial charge is 0.508 e. The lowest BCUT2D eigenvalue weighted by molar-refractivity contribution is -0.117. The number of ether oxygens (including phenoxy) is 14. The van der Waals surface area contributed by atoms with Gasteiger partial charge in [-0.3, -0.25) is 24.0 Å². The fraction of sp³-hybridized carbons (Fsp3) is 0.362. The van der Waals surface area contributed by atoms with Crippen molar-refractivity contribution in [2.24, 2.45) is 0 Å². The number of hydrogen-bond donors (Lipinski definition) is 8. The number of hydrogen-bond acceptors (Lipinski definition) is 27. The van der Waals surface area contributed by atoms with Crippen LogP contribution in [0.1, 0.15) is 107 Å². The molecule has 27 heteroatoms. The summed E-state index contributed by atoms with van der Waals surface area (Å²) in [5.41, 5.74) is 10.6. The first-order valence-electron chi connectivity index (χ1n) is 32.1. The first kappa shape index (κ1) is 97.3. The normalized spacial score (nSPS) is 10.3. The summed E-state index contributed by atoms with van der Waals surface area (Å²) in [6.45, 7) is 23.1. The van der Waals surface area contributed by atoms with Crippen LogP contribution in [-0.4, -0.2) is 184 Å². The Bertz CT molecular complexity index is 4150. The number of ketones is 4. The van der Waals surface area contributed by atoms with Crippen molar-refractivity contribution in [1.82, 2.24) is 0 Å². The highest BCUT2D eigenvalue weighted by Crippen LogP contribution is 2.46. The predicted molar refractivity (Wildman–Crippen MR) is 408 cm³/mol. The fourth-order valence-electron chi connectivity index (χ4n) is 9.70. The molecule has 1 aliphatic rings. The third-order valence-corrected chi connectivity index (χ3v) is 15.5. The number of aryl methyl sites for hydroxylation is 6. The van der Waals surface area contributed by atoms with Gasteiger partial charge in [-0.2, -0.15) is 0 Å². The maximum atomic E-state index is 11.5. The van der Waals surface area contributed by atoms with Crippen LogP contribution >= 0.6 is 0 Å². The average Bonchev–Trinajstić information content (AvgIpc) is 0.790. The third kappa shape index (κ3) is 27.4. The molecule has 8 N–H and O–H groups in total. The second kappa shape index (κ2) is 49.1. The summed E-state index contributed by atoms with van der Waals surface area (Å²) in [6.07, 6.45) is 3.35. The van der Waals surface area contributed by atoms with E-state index in [0.29, 0.717) is 56.9 Å². The number of carbonyl (C=O) groups is 5. The van der Waals surface area contributed by atoms with Crippen molar-refractivity contribution in [3.8, 4) is 109 Å². The SMILES string of the molecule is CO.CO.COC1=CC(=O)C=C(C)C1=O.COc1c(C)c(C)c(OC)c(C(C)=O)c1O.COc1cc(C)c(OC)c(O)c1C(C)=O.COc1cc(C)c(OC)c(O)c1O.COc1cc(C)c(OC)c(OC)c1.COc1cc(O)cc(C)c1O.COc1cc(OC)c(OC)c(C)c1C.Cc1ccc(C=O)cc1C. The summed E-state index contributed by atoms with van der Waals surface area (Å²) in [7, 11) is 23.2. The fourth-order valence-corrected chi connectivity index (χ4v) is 9.70. The van der Waals surface area contributed by atoms with Crippen molar-refractivity contribution < 1.29 is 131 Å². The van der Waals surface area contributed by atoms with Gasteiger partial charge in [0, 0.05) is 60.8 Å². The summed E-state index contributed by atoms with van der Waals surface area (Å²) >= 11 is 0. The number of carbonyl (C=O) groups excluding carboxylic acids is 5. The molecule has 1 aliphatic carbocycles. The van der Waals surface area contributed by atoms with Gasteiger partial charge in [0.05, 0.1) is 99.5 Å². The molecular formula is C80H108O27. The van der Waals surface area contributed by atoms with Gasteiger partial charge in [0.2, 0.25) is 17.3 Å². The van der Waals surface area contributed by atoms with Crippen LogP contribution in [0, 0.1) is 69.2 Å². The minimum absolute atomic E-state index is 0.0744. The molecule has 7 aromatic carbocycles. The second-order valence-electron chi connectivity index (χ2n) is 22.2. The van der Waals surface area contributed by atoms with Gasteiger partial charge >= 0.3 is 0 Å². The number of Topliss-reactive ketones (excluding diaryl/α,β-unsaturated/α-hetero) is 3. The summed E-state index contributed by atoms with van der Waals surface area (Å²) in [5, 5.41) is 70.9. The lowest BCUT2D eigenvalue weighted by Crippen LogP contribution is -2.13. The van der Waals surface area contributed by atoms with Crippen molar-refractivity contribution in [2.75, 3.05) is 114 Å². The standard InChI is InChI=1S/C12H16O4.C11H14O4.C11H16O3.C10H14O3.C9H12O4.C9H10O.C8H10O3.C8H8O3.2CH4O/c1-6-7(2)12(16-5)10(14)9(8(3)13)11(6)15-4;1-6-5-8(14-3)9(7(2)12)10(13)11(6)15-4;1-7-8(2)11(14-5)10(13-4)6-9(7)12-3;1-7-5-8(11-2)6-9(12-3)10(7)13-4;1-5-4-6(12-2)7(10)8(11)9(5)13-3;1-7-3-4-9(6-10)5-8(7)2;2*1-5-3-6(9)4-7(11-2)8(5)10;2*1-2/h14H,1-5H3;5,13H,1-4H3;6H,1-5H3;5-6H,1-4H3;4,10-11H,1-3H3;3-6H,1-2H3;3-4,9-10H,1-2H3;3-4H,1-2H3;2*2H,1H3. The highest BCUT2D eigenvalue weighted by atomic mass is 16.5. The molecule has 0 unspecified atom stereocenters. The van der Waals surface area contributed by atoms with E-state index in [-0.39, 0.29) is 86.0 Å². The van der Waals surface area contributed by atoms with Crippen LogP contribution in [-0.2, 0) is 14.3 Å². The lowest BCUT2D eigenvalue weighted by Gasteiger charge is -2.17. The van der Waals surface area contributed by atoms with Crippen molar-refractivity contribution in [1.29, 1.82) is 0 Å². The van der Waals surface area contributed by atoms with Crippen molar-refractivity contribution in [3.63, 3.8) is 0 Å². The van der Waals surface area contributed by atoms with Gasteiger partial charge in [0.15, 0.2) is 92.1 Å². The Morgan fingerprint density at radius 1 is 0.327 bits per heavy atom. The van der Waals surface area contributed by atoms with Crippen LogP contribution in [0.3, 0.4) is 0 Å². The molecule has 590 valence electrons. The van der Waals surface area contributed by atoms with Gasteiger partial charge in [-0.25, -0.2) is 0 Å². The smallest absolute Gasteiger partial charge is 0.223 e. The van der Waals surface area contributed by atoms with Gasteiger partial charge in [0.1, 0.15) is 46.2 Å². The van der Waals surface area contributed by atoms with Gasteiger partial charge in [-0.15, -0.1) is 0 Å². The number of phenols is 6. The Morgan fingerprint density at radius 3 is 1.18 bits per heavy atom. The molecule has 0 spiro atoms. The number of allylic oxidation sites excluding steroid dienone is 3. The molecule has 0 bridgehead atoms. The first-order valence-corrected chi connectivity index (χ1v) is 32.1. The Hall–Kier alpha value is -11.7. The number of rotatable bonds is 17. The molecule has 0 radical (unpaired) electrons. The number of phenolic OH excluding ortho intramolecular Hbond substituents is 6. The number of benzene rings is 7. The minimum Gasteiger partial charge on any atom is -0.508 e. The molecule has 0 aliphatic heterocycles. The Labute approximate surface area is 627 Å². The molecule has 27 nitrogen and oxygen atoms in total. The Morgan fingerprint density at radius 2 is 0.748 bits per heavy atom. The van der Waals surface area contributed by atoms with Crippen LogP contribution in [0.4, 0.5) is 0 Å². The molecule has 8 rings (SSSR count). The van der Waals surface area contributed by atoms with Gasteiger partial charge in [-0.05, 0) is 171 Å². The van der Waals surface area contributed by atoms with E-state index in [9.17, 15) is 49.5 Å². The molecular weight excluding hydrogens is 1390 g/mol. The molecule has 0 saturated heterocycles. The number of methoxy groups -OCH3 is 14. The maximum absolute atomic E-state index is 11.5. The minimum atomic E-state index is -0.301. The zero-order chi connectivity index (χ0) is 83.0. The molecule has 0 aromatic heterocycles. The molecule has 0 saturated carbocycles. The zero-order valence-corrected chi connectivity index (χ0v) is 66.8. The van der Waals surface area contributed by atoms with E-state index in [4.69, 9.17) is 81.6 Å². The molecule has 0 amide bonds. The molecule has 0 heterocycles. The second-order valence-corrected chi connectivity index (χ2v) is 22.2. The highest BCUT2D eigenvalue weighted by Gasteiger charge is 2.25. The van der Waals surface area contributed by atoms with Crippen molar-refractivity contribution >= 4 is 29.4 Å². The third-order valence-electron chi connectivity index (χ3n) is 15.5. The van der Waals surface area contributed by atoms with E-state index in [2.05, 4.69) is 0 Å². The van der Waals surface area contributed by atoms with Crippen LogP contribution < -0.4 is 61.6 Å². The lowest BCUT2D eigenvalue weighted by atomic mass is 9.99. The van der Waals surface area contributed by atoms with Crippen LogP contribution in [0.5, 0.6) is 109 Å². The van der Waals surface area contributed by atoms with E-state index in [1.165, 1.54) is 106 Å². The Kier molecular flexibility index (Phi) is 44.7. The van der Waals surface area contributed by atoms with E-state index < -0.39 is 0 Å². The molecule has 0 fully saturated rings. The van der Waals surface area contributed by atoms with Gasteiger partial charge in [0.25, 0.3) is 0 Å². The quantitative estimate of drug-likeness (QED) is 0.0138. The summed E-state index contributed by atoms with van der Waals surface area (Å²) in [4.78, 5) is 55.0. The van der Waals surface area contributed by atoms with Crippen LogP contribution in [0.25, 0.3) is 0 Å². The monoisotopic (exact) mass is 1500 g/mol. The van der Waals surface area contributed by atoms with E-state index >= 15 is 0 Å². The summed E-state index contributed by atoms with van der Waals surface area (Å²) in [5.74, 6) is 5.14. The van der Waals surface area contributed by atoms with Crippen LogP contribution in [0.2, 0.25) is 0 Å². The van der Waals surface area contributed by atoms with Crippen molar-refractivity contribution in [2.45, 2.75) is 90.0 Å². The Balaban J connectivity index is 0. The summed E-state index contributed by atoms with van der Waals surface area (Å²) in [6, 6.07) is 17.3. The molecule has 0 atom stereocenters. The zero-order valence-electron chi connectivity index (χ0n) is 66.8. The van der Waals surface area contributed by atoms with E-state index in [0.717, 1.165) is 82.4 Å². The highest BCUT2D eigenvalue weighted by molar-refractivity contribution is 6.19. The number of aromatic hydroxyl groups is 6. The first-order chi connectivity index (χ1) is 50.5. The van der Waals surface area contributed by atoms with E-state index in [1.54, 1.807) is 95.5 Å². The topological polar surface area (TPSA) is 376 Å². The number of aliphatic hydroxyl groups excluding tert-OH is 2. The van der Waals surface area contributed by atoms with Gasteiger partial charge in [-0.1, -0.05) is 12.1 Å². The van der Waals surface area contributed by atoms with Crippen LogP contribution in [0.15, 0.2) is 84.1 Å². The van der Waals surface area contributed by atoms with Gasteiger partial charge < -0.3 is 107 Å². The van der Waals surface area contributed by atoms with Crippen molar-refractivity contribution in [3.05, 3.63) is 156 Å². The summed E-state index contributed by atoms with van der Waals surface area (Å²) < 4.78 is 70.7.